The van der Waals surface area contributed by atoms with Crippen molar-refractivity contribution in [2.75, 3.05) is 0 Å². The fraction of sp³-hybridized carbons (Fsp3) is 0.100. The maximum atomic E-state index is 4.90. The molecule has 0 unspecified atom stereocenters. The van der Waals surface area contributed by atoms with Crippen LogP contribution in [0.5, 0.6) is 0 Å². The molecule has 1 heterocycles. The van der Waals surface area contributed by atoms with E-state index < -0.39 is 0 Å². The molecule has 0 bridgehead atoms. The van der Waals surface area contributed by atoms with Crippen LogP contribution in [0.15, 0.2) is 103 Å². The highest BCUT2D eigenvalue weighted by Crippen LogP contribution is 2.28. The molecule has 0 amide bonds. The predicted molar refractivity (Wildman–Crippen MR) is 135 cm³/mol. The maximum absolute atomic E-state index is 4.90. The van der Waals surface area contributed by atoms with Crippen molar-refractivity contribution in [1.29, 1.82) is 0 Å². The monoisotopic (exact) mass is 427 g/mol. The molecule has 0 spiro atoms. The summed E-state index contributed by atoms with van der Waals surface area (Å²) in [6, 6.07) is 35.3. The van der Waals surface area contributed by atoms with Crippen molar-refractivity contribution < 1.29 is 0 Å². The first-order valence-corrected chi connectivity index (χ1v) is 11.2. The number of benzene rings is 4. The van der Waals surface area contributed by atoms with Crippen molar-refractivity contribution >= 4 is 0 Å². The molecule has 1 aromatic heterocycles. The second-order valence-corrected chi connectivity index (χ2v) is 8.29. The third kappa shape index (κ3) is 4.58. The molecule has 3 nitrogen and oxygen atoms in total. The first-order valence-electron chi connectivity index (χ1n) is 11.2. The van der Waals surface area contributed by atoms with Crippen molar-refractivity contribution in [1.82, 2.24) is 15.0 Å². The van der Waals surface area contributed by atoms with E-state index in [0.29, 0.717) is 17.5 Å². The molecule has 5 aromatic rings. The summed E-state index contributed by atoms with van der Waals surface area (Å²) in [5.41, 5.74) is 8.04. The Labute approximate surface area is 194 Å². The van der Waals surface area contributed by atoms with Crippen molar-refractivity contribution in [3.8, 4) is 34.2 Å². The van der Waals surface area contributed by atoms with Crippen LogP contribution in [0.3, 0.4) is 0 Å². The van der Waals surface area contributed by atoms with Crippen LogP contribution < -0.4 is 0 Å². The van der Waals surface area contributed by atoms with E-state index in [1.54, 1.807) is 0 Å². The first kappa shape index (κ1) is 20.8. The summed E-state index contributed by atoms with van der Waals surface area (Å²) in [4.78, 5) is 14.6. The van der Waals surface area contributed by atoms with E-state index in [-0.39, 0.29) is 0 Å². The quantitative estimate of drug-likeness (QED) is 0.301. The van der Waals surface area contributed by atoms with E-state index in [2.05, 4.69) is 56.3 Å². The van der Waals surface area contributed by atoms with Gasteiger partial charge in [0, 0.05) is 16.7 Å². The van der Waals surface area contributed by atoms with Crippen LogP contribution in [-0.4, -0.2) is 15.0 Å². The van der Waals surface area contributed by atoms with Crippen molar-refractivity contribution in [3.63, 3.8) is 0 Å². The Bertz CT molecular complexity index is 1320. The number of nitrogens with zero attached hydrogens (tertiary/aromatic N) is 3. The number of hydrogen-bond acceptors (Lipinski definition) is 3. The third-order valence-corrected chi connectivity index (χ3v) is 5.90. The van der Waals surface area contributed by atoms with Gasteiger partial charge in [-0.05, 0) is 37.0 Å². The highest BCUT2D eigenvalue weighted by molar-refractivity contribution is 5.68. The standard InChI is InChI=1S/C30H25N3/c1-21-16-18-23(19-17-21)20-26-14-9-15-27(22(26)2)30-32-28(24-10-5-3-6-11-24)31-29(33-30)25-12-7-4-8-13-25/h3-19H,20H2,1-2H3. The Kier molecular flexibility index (Phi) is 5.77. The second-order valence-electron chi connectivity index (χ2n) is 8.29. The highest BCUT2D eigenvalue weighted by Gasteiger charge is 2.15. The molecule has 0 fully saturated rings. The molecule has 160 valence electrons. The Morgan fingerprint density at radius 3 is 1.64 bits per heavy atom. The summed E-state index contributed by atoms with van der Waals surface area (Å²) in [6.07, 6.45) is 0.877. The number of hydrogen-bond donors (Lipinski definition) is 0. The summed E-state index contributed by atoms with van der Waals surface area (Å²) in [5, 5.41) is 0. The predicted octanol–water partition coefficient (Wildman–Crippen LogP) is 7.08. The fourth-order valence-corrected chi connectivity index (χ4v) is 3.97. The van der Waals surface area contributed by atoms with Gasteiger partial charge in [0.2, 0.25) is 0 Å². The van der Waals surface area contributed by atoms with Crippen LogP contribution in [0.1, 0.15) is 22.3 Å². The average Bonchev–Trinajstić information content (AvgIpc) is 2.87. The molecule has 0 aliphatic heterocycles. The average molecular weight is 428 g/mol. The zero-order chi connectivity index (χ0) is 22.6. The van der Waals surface area contributed by atoms with Crippen molar-refractivity contribution in [3.05, 3.63) is 125 Å². The van der Waals surface area contributed by atoms with Crippen LogP contribution in [0.25, 0.3) is 34.2 Å². The molecule has 0 saturated carbocycles. The molecule has 3 heteroatoms. The summed E-state index contributed by atoms with van der Waals surface area (Å²) < 4.78 is 0. The van der Waals surface area contributed by atoms with Crippen molar-refractivity contribution in [2.24, 2.45) is 0 Å². The lowest BCUT2D eigenvalue weighted by atomic mass is 9.96. The van der Waals surface area contributed by atoms with Gasteiger partial charge in [-0.15, -0.1) is 0 Å². The van der Waals surface area contributed by atoms with Crippen LogP contribution in [0.4, 0.5) is 0 Å². The molecule has 5 rings (SSSR count). The van der Waals surface area contributed by atoms with Crippen molar-refractivity contribution in [2.45, 2.75) is 20.3 Å². The van der Waals surface area contributed by atoms with Gasteiger partial charge in [-0.25, -0.2) is 15.0 Å². The number of aromatic nitrogens is 3. The zero-order valence-corrected chi connectivity index (χ0v) is 18.9. The summed E-state index contributed by atoms with van der Waals surface area (Å²) in [5.74, 6) is 2.07. The minimum Gasteiger partial charge on any atom is -0.208 e. The summed E-state index contributed by atoms with van der Waals surface area (Å²) >= 11 is 0. The Morgan fingerprint density at radius 2 is 1.06 bits per heavy atom. The van der Waals surface area contributed by atoms with Gasteiger partial charge in [0.15, 0.2) is 17.5 Å². The Balaban J connectivity index is 1.62. The molecule has 0 aliphatic carbocycles. The van der Waals surface area contributed by atoms with E-state index in [1.807, 2.05) is 60.7 Å². The summed E-state index contributed by atoms with van der Waals surface area (Å²) in [6.45, 7) is 4.28. The normalized spacial score (nSPS) is 10.8. The Morgan fingerprint density at radius 1 is 0.515 bits per heavy atom. The summed E-state index contributed by atoms with van der Waals surface area (Å²) in [7, 11) is 0. The number of rotatable bonds is 5. The van der Waals surface area contributed by atoms with Gasteiger partial charge in [0.1, 0.15) is 0 Å². The van der Waals surface area contributed by atoms with E-state index >= 15 is 0 Å². The maximum Gasteiger partial charge on any atom is 0.164 e. The number of aryl methyl sites for hydroxylation is 1. The minimum absolute atomic E-state index is 0.683. The highest BCUT2D eigenvalue weighted by atomic mass is 15.0. The van der Waals surface area contributed by atoms with Gasteiger partial charge in [-0.1, -0.05) is 109 Å². The lowest BCUT2D eigenvalue weighted by Gasteiger charge is -2.13. The van der Waals surface area contributed by atoms with Crippen LogP contribution in [0.2, 0.25) is 0 Å². The smallest absolute Gasteiger partial charge is 0.164 e. The van der Waals surface area contributed by atoms with Gasteiger partial charge >= 0.3 is 0 Å². The molecule has 0 N–H and O–H groups in total. The largest absolute Gasteiger partial charge is 0.208 e. The molecule has 0 saturated heterocycles. The van der Waals surface area contributed by atoms with Gasteiger partial charge in [-0.2, -0.15) is 0 Å². The molecule has 33 heavy (non-hydrogen) atoms. The van der Waals surface area contributed by atoms with Gasteiger partial charge in [-0.3, -0.25) is 0 Å². The molecule has 0 aliphatic rings. The minimum atomic E-state index is 0.683. The third-order valence-electron chi connectivity index (χ3n) is 5.90. The van der Waals surface area contributed by atoms with E-state index in [1.165, 1.54) is 22.3 Å². The second kappa shape index (κ2) is 9.17. The zero-order valence-electron chi connectivity index (χ0n) is 18.9. The molecular weight excluding hydrogens is 402 g/mol. The topological polar surface area (TPSA) is 38.7 Å². The molecule has 0 atom stereocenters. The van der Waals surface area contributed by atoms with Crippen LogP contribution >= 0.6 is 0 Å². The van der Waals surface area contributed by atoms with E-state index in [9.17, 15) is 0 Å². The van der Waals surface area contributed by atoms with E-state index in [4.69, 9.17) is 15.0 Å². The fourth-order valence-electron chi connectivity index (χ4n) is 3.97. The SMILES string of the molecule is Cc1ccc(Cc2cccc(-c3nc(-c4ccccc4)nc(-c4ccccc4)n3)c2C)cc1. The lowest BCUT2D eigenvalue weighted by Crippen LogP contribution is -2.02. The molecular formula is C30H25N3. The van der Waals surface area contributed by atoms with Gasteiger partial charge in [0.25, 0.3) is 0 Å². The molecule has 4 aromatic carbocycles. The van der Waals surface area contributed by atoms with Gasteiger partial charge in [0.05, 0.1) is 0 Å². The van der Waals surface area contributed by atoms with Crippen LogP contribution in [-0.2, 0) is 6.42 Å². The van der Waals surface area contributed by atoms with Crippen LogP contribution in [0, 0.1) is 13.8 Å². The first-order chi connectivity index (χ1) is 16.2. The lowest BCUT2D eigenvalue weighted by molar-refractivity contribution is 1.06. The van der Waals surface area contributed by atoms with E-state index in [0.717, 1.165) is 23.1 Å². The van der Waals surface area contributed by atoms with Gasteiger partial charge < -0.3 is 0 Å². The molecule has 0 radical (unpaired) electrons. The Hall–Kier alpha value is -4.11.